The minimum atomic E-state index is -0.618. The molecule has 0 saturated carbocycles. The Balaban J connectivity index is 2.17. The normalized spacial score (nSPS) is 10.8. The largest absolute Gasteiger partial charge is 0.497 e. The van der Waals surface area contributed by atoms with Crippen molar-refractivity contribution in [2.24, 2.45) is 14.1 Å². The van der Waals surface area contributed by atoms with E-state index in [1.165, 1.54) is 9.13 Å². The zero-order valence-corrected chi connectivity index (χ0v) is 17.9. The molecule has 1 heterocycles. The third-order valence-electron chi connectivity index (χ3n) is 5.31. The van der Waals surface area contributed by atoms with E-state index in [1.807, 2.05) is 19.9 Å². The van der Waals surface area contributed by atoms with Crippen LogP contribution in [0.4, 0.5) is 11.4 Å². The van der Waals surface area contributed by atoms with Crippen LogP contribution in [0.2, 0.25) is 0 Å². The smallest absolute Gasteiger partial charge is 0.316 e. The number of amides is 1. The molecule has 1 amide bonds. The van der Waals surface area contributed by atoms with E-state index in [0.717, 1.165) is 5.69 Å². The highest BCUT2D eigenvalue weighted by atomic mass is 16.5. The third kappa shape index (κ3) is 3.68. The van der Waals surface area contributed by atoms with Gasteiger partial charge < -0.3 is 24.1 Å². The highest BCUT2D eigenvalue weighted by Gasteiger charge is 2.17. The zero-order valence-electron chi connectivity index (χ0n) is 17.9. The number of hydrogen-bond acceptors (Lipinski definition) is 5. The quantitative estimate of drug-likeness (QED) is 0.631. The highest BCUT2D eigenvalue weighted by Crippen LogP contribution is 2.31. The molecule has 1 aromatic heterocycles. The summed E-state index contributed by atoms with van der Waals surface area (Å²) >= 11 is 0. The lowest BCUT2D eigenvalue weighted by Crippen LogP contribution is -2.39. The van der Waals surface area contributed by atoms with Crippen LogP contribution < -0.4 is 26.1 Å². The Kier molecular flexibility index (Phi) is 5.96. The number of anilines is 2. The first-order valence-corrected chi connectivity index (χ1v) is 9.76. The topological polar surface area (TPSA) is 85.6 Å². The molecule has 2 aromatic carbocycles. The minimum absolute atomic E-state index is 0.278. The molecular weight excluding hydrogens is 384 g/mol. The molecule has 0 aliphatic heterocycles. The van der Waals surface area contributed by atoms with Gasteiger partial charge in [-0.2, -0.15) is 0 Å². The van der Waals surface area contributed by atoms with E-state index in [4.69, 9.17) is 4.74 Å². The van der Waals surface area contributed by atoms with Gasteiger partial charge in [-0.1, -0.05) is 0 Å². The number of nitrogens with one attached hydrogen (secondary N) is 1. The van der Waals surface area contributed by atoms with Crippen LogP contribution in [0, 0.1) is 0 Å². The maximum atomic E-state index is 12.9. The Morgan fingerprint density at radius 2 is 1.50 bits per heavy atom. The number of carbonyl (C=O) groups excluding carboxylic acids is 1. The fourth-order valence-electron chi connectivity index (χ4n) is 3.47. The van der Waals surface area contributed by atoms with Crippen LogP contribution in [0.25, 0.3) is 11.0 Å². The van der Waals surface area contributed by atoms with Crippen molar-refractivity contribution < 1.29 is 9.53 Å². The number of nitrogens with zero attached hydrogens (tertiary/aromatic N) is 3. The summed E-state index contributed by atoms with van der Waals surface area (Å²) in [7, 11) is 4.70. The molecule has 3 aromatic rings. The number of rotatable bonds is 6. The summed E-state index contributed by atoms with van der Waals surface area (Å²) in [5.74, 6) is 0.386. The highest BCUT2D eigenvalue weighted by molar-refractivity contribution is 6.07. The molecule has 30 heavy (non-hydrogen) atoms. The number of aryl methyl sites for hydroxylation is 2. The SMILES string of the molecule is CCN(CC)c1cc2c(cc1NC(=O)c1ccc(OC)cc1)n(C)c(=O)c(=O)n2C. The van der Waals surface area contributed by atoms with E-state index < -0.39 is 11.1 Å². The third-order valence-corrected chi connectivity index (χ3v) is 5.31. The fourth-order valence-corrected chi connectivity index (χ4v) is 3.47. The van der Waals surface area contributed by atoms with E-state index >= 15 is 0 Å². The first-order valence-electron chi connectivity index (χ1n) is 9.76. The second-order valence-electron chi connectivity index (χ2n) is 6.94. The molecule has 0 aliphatic carbocycles. The Morgan fingerprint density at radius 3 is 2.00 bits per heavy atom. The van der Waals surface area contributed by atoms with Gasteiger partial charge in [0, 0.05) is 32.7 Å². The van der Waals surface area contributed by atoms with E-state index in [-0.39, 0.29) is 5.91 Å². The van der Waals surface area contributed by atoms with Gasteiger partial charge in [-0.3, -0.25) is 14.4 Å². The van der Waals surface area contributed by atoms with Crippen LogP contribution in [0.5, 0.6) is 5.75 Å². The summed E-state index contributed by atoms with van der Waals surface area (Å²) < 4.78 is 7.80. The lowest BCUT2D eigenvalue weighted by atomic mass is 10.1. The van der Waals surface area contributed by atoms with Crippen LogP contribution in [0.3, 0.4) is 0 Å². The second kappa shape index (κ2) is 8.44. The molecule has 0 radical (unpaired) electrons. The van der Waals surface area contributed by atoms with Gasteiger partial charge in [0.05, 0.1) is 29.5 Å². The zero-order chi connectivity index (χ0) is 22.0. The first-order chi connectivity index (χ1) is 14.3. The Hall–Kier alpha value is -3.55. The Labute approximate surface area is 174 Å². The van der Waals surface area contributed by atoms with Crippen LogP contribution >= 0.6 is 0 Å². The van der Waals surface area contributed by atoms with E-state index in [0.29, 0.717) is 41.1 Å². The maximum absolute atomic E-state index is 12.9. The van der Waals surface area contributed by atoms with Crippen molar-refractivity contribution in [3.8, 4) is 5.75 Å². The molecule has 158 valence electrons. The van der Waals surface area contributed by atoms with Crippen molar-refractivity contribution in [2.75, 3.05) is 30.4 Å². The number of aromatic nitrogens is 2. The van der Waals surface area contributed by atoms with Crippen molar-refractivity contribution in [3.05, 3.63) is 62.7 Å². The number of methoxy groups -OCH3 is 1. The van der Waals surface area contributed by atoms with Gasteiger partial charge in [-0.05, 0) is 50.2 Å². The molecule has 0 fully saturated rings. The van der Waals surface area contributed by atoms with Gasteiger partial charge >= 0.3 is 11.1 Å². The first kappa shape index (κ1) is 21.2. The summed E-state index contributed by atoms with van der Waals surface area (Å²) in [5.41, 5.74) is 1.80. The molecule has 0 bridgehead atoms. The monoisotopic (exact) mass is 410 g/mol. The van der Waals surface area contributed by atoms with E-state index in [9.17, 15) is 14.4 Å². The van der Waals surface area contributed by atoms with Gasteiger partial charge in [0.15, 0.2) is 0 Å². The molecule has 0 saturated heterocycles. The average molecular weight is 410 g/mol. The average Bonchev–Trinajstić information content (AvgIpc) is 2.77. The van der Waals surface area contributed by atoms with Crippen molar-refractivity contribution in [2.45, 2.75) is 13.8 Å². The summed E-state index contributed by atoms with van der Waals surface area (Å²) in [5, 5.41) is 2.96. The summed E-state index contributed by atoms with van der Waals surface area (Å²) in [6.45, 7) is 5.46. The summed E-state index contributed by atoms with van der Waals surface area (Å²) in [6.07, 6.45) is 0. The number of carbonyl (C=O) groups is 1. The second-order valence-corrected chi connectivity index (χ2v) is 6.94. The molecule has 3 rings (SSSR count). The van der Waals surface area contributed by atoms with Crippen LogP contribution in [-0.2, 0) is 14.1 Å². The Morgan fingerprint density at radius 1 is 0.967 bits per heavy atom. The Bertz CT molecular complexity index is 1210. The summed E-state index contributed by atoms with van der Waals surface area (Å²) in [4.78, 5) is 39.5. The van der Waals surface area contributed by atoms with Gasteiger partial charge in [-0.25, -0.2) is 0 Å². The minimum Gasteiger partial charge on any atom is -0.497 e. The number of ether oxygens (including phenoxy) is 1. The number of benzene rings is 2. The van der Waals surface area contributed by atoms with Gasteiger partial charge in [0.2, 0.25) is 0 Å². The maximum Gasteiger partial charge on any atom is 0.316 e. The van der Waals surface area contributed by atoms with Crippen molar-refractivity contribution in [1.29, 1.82) is 0 Å². The molecule has 0 spiro atoms. The van der Waals surface area contributed by atoms with Crippen LogP contribution in [0.15, 0.2) is 46.0 Å². The molecule has 8 heteroatoms. The standard InChI is InChI=1S/C22H26N4O4/c1-6-26(7-2)17-13-19-18(24(3)21(28)22(29)25(19)4)12-16(17)23-20(27)14-8-10-15(30-5)11-9-14/h8-13H,6-7H2,1-5H3,(H,23,27). The summed E-state index contributed by atoms with van der Waals surface area (Å²) in [6, 6.07) is 10.4. The lowest BCUT2D eigenvalue weighted by molar-refractivity contribution is 0.102. The molecule has 0 unspecified atom stereocenters. The van der Waals surface area contributed by atoms with Gasteiger partial charge in [-0.15, -0.1) is 0 Å². The lowest BCUT2D eigenvalue weighted by Gasteiger charge is -2.25. The van der Waals surface area contributed by atoms with E-state index in [1.54, 1.807) is 51.5 Å². The van der Waals surface area contributed by atoms with Crippen molar-refractivity contribution in [3.63, 3.8) is 0 Å². The number of hydrogen-bond donors (Lipinski definition) is 1. The predicted octanol–water partition coefficient (Wildman–Crippen LogP) is 2.34. The van der Waals surface area contributed by atoms with Crippen LogP contribution in [-0.4, -0.2) is 35.2 Å². The molecule has 8 nitrogen and oxygen atoms in total. The van der Waals surface area contributed by atoms with Gasteiger partial charge in [0.25, 0.3) is 5.91 Å². The van der Waals surface area contributed by atoms with Crippen molar-refractivity contribution in [1.82, 2.24) is 9.13 Å². The van der Waals surface area contributed by atoms with Gasteiger partial charge in [0.1, 0.15) is 5.75 Å². The van der Waals surface area contributed by atoms with E-state index in [2.05, 4.69) is 10.2 Å². The molecule has 1 N–H and O–H groups in total. The molecule has 0 aliphatic rings. The van der Waals surface area contributed by atoms with Crippen molar-refractivity contribution >= 4 is 28.3 Å². The molecule has 0 atom stereocenters. The fraction of sp³-hybridized carbons (Fsp3) is 0.318. The number of fused-ring (bicyclic) bond motifs is 1. The predicted molar refractivity (Wildman–Crippen MR) is 119 cm³/mol. The molecular formula is C22H26N4O4. The van der Waals surface area contributed by atoms with Crippen LogP contribution in [0.1, 0.15) is 24.2 Å².